The molecule has 5 nitrogen and oxygen atoms in total. The molecular formula is C18H18N2O3S. The van der Waals surface area contributed by atoms with Gasteiger partial charge in [-0.2, -0.15) is 0 Å². The zero-order valence-corrected chi connectivity index (χ0v) is 13.9. The Morgan fingerprint density at radius 1 is 1.12 bits per heavy atom. The van der Waals surface area contributed by atoms with E-state index in [0.717, 1.165) is 6.42 Å². The number of carbonyl (C=O) groups is 1. The molecule has 1 aromatic carbocycles. The number of rotatable bonds is 4. The van der Waals surface area contributed by atoms with Gasteiger partial charge in [0.15, 0.2) is 9.84 Å². The molecule has 0 bridgehead atoms. The monoisotopic (exact) mass is 342 g/mol. The largest absolute Gasteiger partial charge is 0.335 e. The predicted octanol–water partition coefficient (Wildman–Crippen LogP) is 2.46. The minimum Gasteiger partial charge on any atom is -0.335 e. The molecule has 24 heavy (non-hydrogen) atoms. The van der Waals surface area contributed by atoms with Crippen LogP contribution in [0.15, 0.2) is 65.8 Å². The fourth-order valence-electron chi connectivity index (χ4n) is 2.60. The maximum absolute atomic E-state index is 12.5. The van der Waals surface area contributed by atoms with Crippen LogP contribution in [0.5, 0.6) is 0 Å². The van der Waals surface area contributed by atoms with Gasteiger partial charge in [0.25, 0.3) is 5.91 Å². The Morgan fingerprint density at radius 2 is 1.92 bits per heavy atom. The fourth-order valence-corrected chi connectivity index (χ4v) is 3.93. The molecule has 0 saturated carbocycles. The third kappa shape index (κ3) is 3.71. The second kappa shape index (κ2) is 6.97. The molecule has 6 heteroatoms. The van der Waals surface area contributed by atoms with E-state index in [9.17, 15) is 13.2 Å². The molecule has 0 unspecified atom stereocenters. The highest BCUT2D eigenvalue weighted by Crippen LogP contribution is 2.18. The van der Waals surface area contributed by atoms with Gasteiger partial charge in [-0.1, -0.05) is 18.2 Å². The summed E-state index contributed by atoms with van der Waals surface area (Å²) in [5.74, 6) is -0.180. The summed E-state index contributed by atoms with van der Waals surface area (Å²) in [4.78, 5) is 18.3. The number of aromatic nitrogens is 1. The molecule has 0 radical (unpaired) electrons. The number of hydrogen-bond donors (Lipinski definition) is 0. The second-order valence-electron chi connectivity index (χ2n) is 5.66. The smallest absolute Gasteiger partial charge is 0.254 e. The van der Waals surface area contributed by atoms with Crippen LogP contribution < -0.4 is 0 Å². The summed E-state index contributed by atoms with van der Waals surface area (Å²) in [6, 6.07) is 9.59. The first kappa shape index (κ1) is 16.4. The molecule has 1 aliphatic heterocycles. The summed E-state index contributed by atoms with van der Waals surface area (Å²) in [5.41, 5.74) is 1.14. The van der Waals surface area contributed by atoms with Crippen molar-refractivity contribution in [2.75, 3.05) is 13.1 Å². The van der Waals surface area contributed by atoms with Crippen molar-refractivity contribution in [1.29, 1.82) is 0 Å². The van der Waals surface area contributed by atoms with Crippen molar-refractivity contribution in [3.05, 3.63) is 72.1 Å². The Hall–Kier alpha value is -2.47. The molecule has 0 fully saturated rings. The topological polar surface area (TPSA) is 67.3 Å². The normalized spacial score (nSPS) is 14.6. The Morgan fingerprint density at radius 3 is 2.54 bits per heavy atom. The molecule has 2 heterocycles. The van der Waals surface area contributed by atoms with Crippen molar-refractivity contribution >= 4 is 15.7 Å². The first-order chi connectivity index (χ1) is 11.6. The third-order valence-corrected chi connectivity index (χ3v) is 5.59. The lowest BCUT2D eigenvalue weighted by molar-refractivity contribution is 0.0771. The lowest BCUT2D eigenvalue weighted by Gasteiger charge is -2.23. The van der Waals surface area contributed by atoms with Gasteiger partial charge in [0, 0.05) is 31.0 Å². The Kier molecular flexibility index (Phi) is 4.76. The van der Waals surface area contributed by atoms with E-state index in [1.54, 1.807) is 41.6 Å². The molecule has 0 spiro atoms. The number of carbonyl (C=O) groups excluding carboxylic acids is 1. The predicted molar refractivity (Wildman–Crippen MR) is 91.2 cm³/mol. The molecule has 0 atom stereocenters. The average molecular weight is 342 g/mol. The summed E-state index contributed by atoms with van der Waals surface area (Å²) >= 11 is 0. The van der Waals surface area contributed by atoms with E-state index >= 15 is 0 Å². The van der Waals surface area contributed by atoms with Gasteiger partial charge in [0.2, 0.25) is 0 Å². The van der Waals surface area contributed by atoms with Crippen molar-refractivity contribution < 1.29 is 13.2 Å². The van der Waals surface area contributed by atoms with Gasteiger partial charge < -0.3 is 4.90 Å². The zero-order chi connectivity index (χ0) is 17.0. The fraction of sp³-hybridized carbons (Fsp3) is 0.222. The van der Waals surface area contributed by atoms with E-state index in [4.69, 9.17) is 0 Å². The Bertz CT molecular complexity index is 844. The van der Waals surface area contributed by atoms with Gasteiger partial charge in [0.1, 0.15) is 0 Å². The van der Waals surface area contributed by atoms with E-state index < -0.39 is 9.84 Å². The van der Waals surface area contributed by atoms with Crippen molar-refractivity contribution in [3.8, 4) is 0 Å². The van der Waals surface area contributed by atoms with Crippen LogP contribution in [-0.2, 0) is 15.6 Å². The van der Waals surface area contributed by atoms with Crippen molar-refractivity contribution in [3.63, 3.8) is 0 Å². The van der Waals surface area contributed by atoms with Crippen LogP contribution in [-0.4, -0.2) is 37.3 Å². The van der Waals surface area contributed by atoms with Gasteiger partial charge in [-0.15, -0.1) is 0 Å². The minimum atomic E-state index is -3.46. The van der Waals surface area contributed by atoms with E-state index in [-0.39, 0.29) is 16.6 Å². The summed E-state index contributed by atoms with van der Waals surface area (Å²) in [7, 11) is -3.46. The number of sulfone groups is 1. The highest BCUT2D eigenvalue weighted by Gasteiger charge is 2.19. The molecular weight excluding hydrogens is 324 g/mol. The van der Waals surface area contributed by atoms with Gasteiger partial charge >= 0.3 is 0 Å². The molecule has 3 rings (SSSR count). The van der Waals surface area contributed by atoms with Gasteiger partial charge in [0.05, 0.1) is 10.6 Å². The summed E-state index contributed by atoms with van der Waals surface area (Å²) in [6.45, 7) is 1.29. The first-order valence-corrected chi connectivity index (χ1v) is 9.37. The van der Waals surface area contributed by atoms with Crippen molar-refractivity contribution in [2.45, 2.75) is 17.1 Å². The van der Waals surface area contributed by atoms with Crippen molar-refractivity contribution in [2.24, 2.45) is 0 Å². The first-order valence-electron chi connectivity index (χ1n) is 7.72. The Labute approximate surface area is 141 Å². The third-order valence-electron chi connectivity index (χ3n) is 3.89. The van der Waals surface area contributed by atoms with Crippen LogP contribution in [0.2, 0.25) is 0 Å². The van der Waals surface area contributed by atoms with Gasteiger partial charge in [-0.25, -0.2) is 8.42 Å². The number of nitrogens with zero attached hydrogens (tertiary/aromatic N) is 2. The van der Waals surface area contributed by atoms with Crippen LogP contribution in [0.1, 0.15) is 22.3 Å². The Balaban J connectivity index is 1.76. The van der Waals surface area contributed by atoms with Crippen LogP contribution in [0, 0.1) is 0 Å². The quantitative estimate of drug-likeness (QED) is 0.801. The van der Waals surface area contributed by atoms with Gasteiger partial charge in [-0.05, 0) is 42.3 Å². The molecule has 0 aliphatic carbocycles. The molecule has 1 aromatic heterocycles. The zero-order valence-electron chi connectivity index (χ0n) is 13.1. The molecule has 2 aromatic rings. The summed E-state index contributed by atoms with van der Waals surface area (Å²) < 4.78 is 24.9. The summed E-state index contributed by atoms with van der Waals surface area (Å²) in [6.07, 6.45) is 8.01. The van der Waals surface area contributed by atoms with Crippen LogP contribution >= 0.6 is 0 Å². The van der Waals surface area contributed by atoms with Gasteiger partial charge in [-0.3, -0.25) is 9.78 Å². The average Bonchev–Trinajstić information content (AvgIpc) is 2.62. The molecule has 1 aliphatic rings. The lowest BCUT2D eigenvalue weighted by atomic mass is 10.1. The minimum absolute atomic E-state index is 0.0736. The lowest BCUT2D eigenvalue weighted by Crippen LogP contribution is -2.33. The highest BCUT2D eigenvalue weighted by atomic mass is 32.2. The molecule has 0 saturated heterocycles. The van der Waals surface area contributed by atoms with E-state index in [0.29, 0.717) is 24.2 Å². The standard InChI is InChI=1S/C18H18N2O3S/c21-18(20-11-2-1-3-12-20)16-6-8-17(9-7-16)24(22,23)14-15-5-4-10-19-13-15/h1-2,4-10,13H,3,11-12,14H2. The second-order valence-corrected chi connectivity index (χ2v) is 7.65. The van der Waals surface area contributed by atoms with Crippen molar-refractivity contribution in [1.82, 2.24) is 9.88 Å². The molecule has 124 valence electrons. The maximum atomic E-state index is 12.5. The highest BCUT2D eigenvalue weighted by molar-refractivity contribution is 7.90. The number of hydrogen-bond acceptors (Lipinski definition) is 4. The van der Waals surface area contributed by atoms with Crippen LogP contribution in [0.4, 0.5) is 0 Å². The van der Waals surface area contributed by atoms with E-state index in [1.165, 1.54) is 12.1 Å². The van der Waals surface area contributed by atoms with Crippen LogP contribution in [0.25, 0.3) is 0 Å². The number of benzene rings is 1. The SMILES string of the molecule is O=C(c1ccc(S(=O)(=O)Cc2cccnc2)cc1)N1CC=CCC1. The van der Waals surface area contributed by atoms with Crippen LogP contribution in [0.3, 0.4) is 0 Å². The van der Waals surface area contributed by atoms with E-state index in [1.807, 2.05) is 6.08 Å². The maximum Gasteiger partial charge on any atom is 0.254 e. The summed E-state index contributed by atoms with van der Waals surface area (Å²) in [5, 5.41) is 0. The molecule has 1 amide bonds. The molecule has 0 N–H and O–H groups in total. The number of pyridine rings is 1. The van der Waals surface area contributed by atoms with E-state index in [2.05, 4.69) is 11.1 Å². The number of amides is 1.